The zero-order valence-corrected chi connectivity index (χ0v) is 11.9. The molecule has 0 spiro atoms. The van der Waals surface area contributed by atoms with Gasteiger partial charge in [0.15, 0.2) is 0 Å². The first-order valence-corrected chi connectivity index (χ1v) is 6.24. The number of nitrogens with one attached hydrogen (secondary N) is 3. The van der Waals surface area contributed by atoms with Gasteiger partial charge in [-0.1, -0.05) is 13.3 Å². The molecule has 0 aromatic rings. The summed E-state index contributed by atoms with van der Waals surface area (Å²) in [6, 6.07) is -1.60. The van der Waals surface area contributed by atoms with Crippen LogP contribution in [0.15, 0.2) is 0 Å². The van der Waals surface area contributed by atoms with E-state index in [0.717, 1.165) is 0 Å². The minimum atomic E-state index is -1.09. The molecule has 0 aromatic carbocycles. The number of amides is 3. The van der Waals surface area contributed by atoms with Crippen LogP contribution in [-0.2, 0) is 9.59 Å². The third-order valence-electron chi connectivity index (χ3n) is 2.10. The summed E-state index contributed by atoms with van der Waals surface area (Å²) in [6.07, 6.45) is 0.985. The monoisotopic (exact) mass is 273 g/mol. The Hall–Kier alpha value is -1.79. The van der Waals surface area contributed by atoms with Crippen molar-refractivity contribution in [1.29, 1.82) is 0 Å². The highest BCUT2D eigenvalue weighted by atomic mass is 16.4. The first-order chi connectivity index (χ1) is 8.65. The molecule has 0 aromatic heterocycles. The number of urea groups is 1. The van der Waals surface area contributed by atoms with Gasteiger partial charge in [0.1, 0.15) is 6.04 Å². The van der Waals surface area contributed by atoms with E-state index in [1.165, 1.54) is 0 Å². The maximum atomic E-state index is 11.4. The molecule has 0 aliphatic rings. The van der Waals surface area contributed by atoms with E-state index in [1.54, 1.807) is 0 Å². The molecule has 0 heterocycles. The molecule has 0 saturated carbocycles. The van der Waals surface area contributed by atoms with Crippen molar-refractivity contribution in [3.63, 3.8) is 0 Å². The molecule has 7 heteroatoms. The summed E-state index contributed by atoms with van der Waals surface area (Å²) in [5.41, 5.74) is -0.374. The average Bonchev–Trinajstić information content (AvgIpc) is 2.23. The molecule has 0 fully saturated rings. The third kappa shape index (κ3) is 8.87. The molecule has 3 amide bonds. The number of hydrogen-bond acceptors (Lipinski definition) is 3. The summed E-state index contributed by atoms with van der Waals surface area (Å²) in [7, 11) is 0. The van der Waals surface area contributed by atoms with Crippen LogP contribution in [-0.4, -0.2) is 41.1 Å². The summed E-state index contributed by atoms with van der Waals surface area (Å²) in [5.74, 6) is -1.42. The lowest BCUT2D eigenvalue weighted by Crippen LogP contribution is -2.50. The van der Waals surface area contributed by atoms with E-state index in [-0.39, 0.29) is 18.0 Å². The average molecular weight is 273 g/mol. The zero-order chi connectivity index (χ0) is 15.1. The molecule has 4 N–H and O–H groups in total. The number of carboxylic acid groups (broad SMARTS) is 1. The van der Waals surface area contributed by atoms with Gasteiger partial charge >= 0.3 is 12.0 Å². The maximum Gasteiger partial charge on any atom is 0.326 e. The Morgan fingerprint density at radius 1 is 1.21 bits per heavy atom. The van der Waals surface area contributed by atoms with Gasteiger partial charge in [-0.2, -0.15) is 0 Å². The molecule has 0 radical (unpaired) electrons. The molecule has 1 atom stereocenters. The smallest absolute Gasteiger partial charge is 0.326 e. The van der Waals surface area contributed by atoms with Gasteiger partial charge in [-0.3, -0.25) is 4.79 Å². The van der Waals surface area contributed by atoms with E-state index in [0.29, 0.717) is 12.8 Å². The first-order valence-electron chi connectivity index (χ1n) is 6.24. The summed E-state index contributed by atoms with van der Waals surface area (Å²) < 4.78 is 0. The molecule has 7 nitrogen and oxygen atoms in total. The van der Waals surface area contributed by atoms with Gasteiger partial charge < -0.3 is 21.1 Å². The van der Waals surface area contributed by atoms with Crippen LogP contribution < -0.4 is 16.0 Å². The van der Waals surface area contributed by atoms with Crippen molar-refractivity contribution in [3.8, 4) is 0 Å². The predicted molar refractivity (Wildman–Crippen MR) is 70.8 cm³/mol. The second-order valence-corrected chi connectivity index (χ2v) is 5.30. The van der Waals surface area contributed by atoms with Crippen LogP contribution in [0.1, 0.15) is 40.5 Å². The fourth-order valence-electron chi connectivity index (χ4n) is 1.38. The van der Waals surface area contributed by atoms with Gasteiger partial charge in [0.25, 0.3) is 0 Å². The Kier molecular flexibility index (Phi) is 6.89. The minimum absolute atomic E-state index is 0.193. The Labute approximate surface area is 113 Å². The number of carbonyl (C=O) groups is 3. The fourth-order valence-corrected chi connectivity index (χ4v) is 1.38. The van der Waals surface area contributed by atoms with Crippen molar-refractivity contribution < 1.29 is 19.5 Å². The van der Waals surface area contributed by atoms with Crippen LogP contribution in [0.5, 0.6) is 0 Å². The Morgan fingerprint density at radius 2 is 1.79 bits per heavy atom. The quantitative estimate of drug-likeness (QED) is 0.563. The van der Waals surface area contributed by atoms with Gasteiger partial charge in [0.2, 0.25) is 5.91 Å². The van der Waals surface area contributed by atoms with Crippen LogP contribution in [0.4, 0.5) is 4.79 Å². The summed E-state index contributed by atoms with van der Waals surface area (Å²) in [4.78, 5) is 33.7. The summed E-state index contributed by atoms with van der Waals surface area (Å²) in [6.45, 7) is 7.11. The Bertz CT molecular complexity index is 336. The van der Waals surface area contributed by atoms with Crippen molar-refractivity contribution in [2.24, 2.45) is 0 Å². The standard InChI is InChI=1S/C12H23N3O4/c1-5-6-8(10(17)18)14-11(19)13-7-9(16)15-12(2,3)4/h8H,5-7H2,1-4H3,(H,15,16)(H,17,18)(H2,13,14,19)/t8-/m1/s1. The molecule has 0 saturated heterocycles. The lowest BCUT2D eigenvalue weighted by Gasteiger charge is -2.21. The van der Waals surface area contributed by atoms with Gasteiger partial charge in [-0.15, -0.1) is 0 Å². The predicted octanol–water partition coefficient (Wildman–Crippen LogP) is 0.454. The van der Waals surface area contributed by atoms with Crippen LogP contribution in [0.2, 0.25) is 0 Å². The molecular weight excluding hydrogens is 250 g/mol. The summed E-state index contributed by atoms with van der Waals surface area (Å²) >= 11 is 0. The highest BCUT2D eigenvalue weighted by Gasteiger charge is 2.19. The van der Waals surface area contributed by atoms with E-state index in [9.17, 15) is 14.4 Å². The SMILES string of the molecule is CCC[C@@H](NC(=O)NCC(=O)NC(C)(C)C)C(=O)O. The van der Waals surface area contributed by atoms with Crippen molar-refractivity contribution in [3.05, 3.63) is 0 Å². The van der Waals surface area contributed by atoms with Crippen LogP contribution >= 0.6 is 0 Å². The molecule has 110 valence electrons. The number of carboxylic acids is 1. The summed E-state index contributed by atoms with van der Waals surface area (Å²) in [5, 5.41) is 16.2. The molecule has 19 heavy (non-hydrogen) atoms. The van der Waals surface area contributed by atoms with Crippen molar-refractivity contribution in [2.75, 3.05) is 6.54 Å². The van der Waals surface area contributed by atoms with Gasteiger partial charge in [0, 0.05) is 5.54 Å². The molecule has 0 aliphatic carbocycles. The van der Waals surface area contributed by atoms with Crippen molar-refractivity contribution >= 4 is 17.9 Å². The van der Waals surface area contributed by atoms with E-state index in [1.807, 2.05) is 27.7 Å². The van der Waals surface area contributed by atoms with E-state index in [4.69, 9.17) is 5.11 Å². The number of rotatable bonds is 6. The normalized spacial score (nSPS) is 12.4. The Balaban J connectivity index is 4.11. The van der Waals surface area contributed by atoms with Crippen molar-refractivity contribution in [2.45, 2.75) is 52.1 Å². The van der Waals surface area contributed by atoms with E-state index < -0.39 is 18.0 Å². The number of aliphatic carboxylic acids is 1. The molecule has 0 bridgehead atoms. The highest BCUT2D eigenvalue weighted by Crippen LogP contribution is 1.98. The third-order valence-corrected chi connectivity index (χ3v) is 2.10. The lowest BCUT2D eigenvalue weighted by atomic mass is 10.1. The zero-order valence-electron chi connectivity index (χ0n) is 11.9. The molecule has 0 aliphatic heterocycles. The Morgan fingerprint density at radius 3 is 2.21 bits per heavy atom. The van der Waals surface area contributed by atoms with Crippen molar-refractivity contribution in [1.82, 2.24) is 16.0 Å². The van der Waals surface area contributed by atoms with Gasteiger partial charge in [-0.05, 0) is 27.2 Å². The van der Waals surface area contributed by atoms with Gasteiger partial charge in [0.05, 0.1) is 6.54 Å². The molecule has 0 rings (SSSR count). The fraction of sp³-hybridized carbons (Fsp3) is 0.750. The largest absolute Gasteiger partial charge is 0.480 e. The number of carbonyl (C=O) groups excluding carboxylic acids is 2. The second-order valence-electron chi connectivity index (χ2n) is 5.30. The first kappa shape index (κ1) is 17.2. The lowest BCUT2D eigenvalue weighted by molar-refractivity contribution is -0.139. The van der Waals surface area contributed by atoms with Gasteiger partial charge in [-0.25, -0.2) is 9.59 Å². The number of hydrogen-bond donors (Lipinski definition) is 4. The molecular formula is C12H23N3O4. The highest BCUT2D eigenvalue weighted by molar-refractivity contribution is 5.86. The minimum Gasteiger partial charge on any atom is -0.480 e. The maximum absolute atomic E-state index is 11.4. The second kappa shape index (κ2) is 7.60. The van der Waals surface area contributed by atoms with Crippen LogP contribution in [0, 0.1) is 0 Å². The molecule has 0 unspecified atom stereocenters. The van der Waals surface area contributed by atoms with Crippen LogP contribution in [0.3, 0.4) is 0 Å². The van der Waals surface area contributed by atoms with Crippen LogP contribution in [0.25, 0.3) is 0 Å². The van der Waals surface area contributed by atoms with E-state index in [2.05, 4.69) is 16.0 Å². The topological polar surface area (TPSA) is 108 Å². The van der Waals surface area contributed by atoms with E-state index >= 15 is 0 Å².